The minimum Gasteiger partial charge on any atom is -0.365 e. The van der Waals surface area contributed by atoms with Crippen molar-refractivity contribution in [2.75, 3.05) is 6.54 Å². The van der Waals surface area contributed by atoms with Crippen LogP contribution in [0, 0.1) is 13.8 Å². The Balaban J connectivity index is 2.63. The number of H-pyrrole nitrogens is 1. The van der Waals surface area contributed by atoms with E-state index >= 15 is 0 Å². The molecular weight excluding hydrogens is 136 g/mol. The molecular formula is C9H16N2. The number of nitrogens with two attached hydrogens (primary N) is 1. The van der Waals surface area contributed by atoms with E-state index < -0.39 is 0 Å². The van der Waals surface area contributed by atoms with Gasteiger partial charge in [-0.1, -0.05) is 0 Å². The molecule has 0 radical (unpaired) electrons. The van der Waals surface area contributed by atoms with Crippen molar-refractivity contribution in [2.45, 2.75) is 26.7 Å². The van der Waals surface area contributed by atoms with Crippen molar-refractivity contribution in [3.05, 3.63) is 23.0 Å². The molecule has 0 atom stereocenters. The molecule has 1 aromatic heterocycles. The second-order valence-corrected chi connectivity index (χ2v) is 2.96. The van der Waals surface area contributed by atoms with Gasteiger partial charge in [-0.2, -0.15) is 0 Å². The van der Waals surface area contributed by atoms with Gasteiger partial charge in [0.2, 0.25) is 0 Å². The van der Waals surface area contributed by atoms with Crippen molar-refractivity contribution < 1.29 is 0 Å². The lowest BCUT2D eigenvalue weighted by molar-refractivity contribution is 0.829. The van der Waals surface area contributed by atoms with Crippen LogP contribution in [0.5, 0.6) is 0 Å². The van der Waals surface area contributed by atoms with Crippen molar-refractivity contribution >= 4 is 0 Å². The molecule has 0 saturated heterocycles. The molecule has 1 aromatic rings. The first-order chi connectivity index (χ1) is 5.25. The third-order valence-corrected chi connectivity index (χ3v) is 2.16. The van der Waals surface area contributed by atoms with Crippen LogP contribution >= 0.6 is 0 Å². The van der Waals surface area contributed by atoms with Gasteiger partial charge in [-0.3, -0.25) is 0 Å². The van der Waals surface area contributed by atoms with Crippen molar-refractivity contribution in [1.29, 1.82) is 0 Å². The molecule has 3 N–H and O–H groups in total. The molecule has 0 saturated carbocycles. The number of hydrogen-bond acceptors (Lipinski definition) is 1. The first-order valence-electron chi connectivity index (χ1n) is 4.09. The summed E-state index contributed by atoms with van der Waals surface area (Å²) in [6.07, 6.45) is 4.27. The van der Waals surface area contributed by atoms with Crippen molar-refractivity contribution in [2.24, 2.45) is 5.73 Å². The van der Waals surface area contributed by atoms with Gasteiger partial charge in [0.25, 0.3) is 0 Å². The van der Waals surface area contributed by atoms with Gasteiger partial charge in [0.05, 0.1) is 0 Å². The summed E-state index contributed by atoms with van der Waals surface area (Å²) in [6.45, 7) is 5.03. The topological polar surface area (TPSA) is 41.8 Å². The average Bonchev–Trinajstić information content (AvgIpc) is 2.31. The molecule has 0 aliphatic carbocycles. The first kappa shape index (κ1) is 8.34. The maximum atomic E-state index is 5.42. The second-order valence-electron chi connectivity index (χ2n) is 2.96. The summed E-state index contributed by atoms with van der Waals surface area (Å²) in [4.78, 5) is 3.20. The molecule has 0 aliphatic rings. The van der Waals surface area contributed by atoms with Crippen LogP contribution in [0.4, 0.5) is 0 Å². The van der Waals surface area contributed by atoms with E-state index in [0.29, 0.717) is 0 Å². The molecule has 0 fully saturated rings. The molecule has 62 valence electrons. The van der Waals surface area contributed by atoms with E-state index in [9.17, 15) is 0 Å². The fourth-order valence-electron chi connectivity index (χ4n) is 1.20. The predicted octanol–water partition coefficient (Wildman–Crippen LogP) is 1.52. The van der Waals surface area contributed by atoms with Crippen LogP contribution in [0.1, 0.15) is 23.2 Å². The van der Waals surface area contributed by atoms with E-state index in [0.717, 1.165) is 19.4 Å². The van der Waals surface area contributed by atoms with E-state index in [1.165, 1.54) is 16.8 Å². The summed E-state index contributed by atoms with van der Waals surface area (Å²) in [7, 11) is 0. The Morgan fingerprint density at radius 1 is 1.45 bits per heavy atom. The maximum Gasteiger partial charge on any atom is 0.0148 e. The number of rotatable bonds is 3. The lowest BCUT2D eigenvalue weighted by atomic mass is 10.1. The zero-order chi connectivity index (χ0) is 8.27. The minimum atomic E-state index is 0.781. The fraction of sp³-hybridized carbons (Fsp3) is 0.556. The molecule has 11 heavy (non-hydrogen) atoms. The van der Waals surface area contributed by atoms with E-state index in [2.05, 4.69) is 25.0 Å². The lowest BCUT2D eigenvalue weighted by Gasteiger charge is -1.97. The van der Waals surface area contributed by atoms with E-state index in [4.69, 9.17) is 5.73 Å². The zero-order valence-electron chi connectivity index (χ0n) is 7.28. The summed E-state index contributed by atoms with van der Waals surface area (Å²) in [6, 6.07) is 0. The summed E-state index contributed by atoms with van der Waals surface area (Å²) < 4.78 is 0. The van der Waals surface area contributed by atoms with Gasteiger partial charge >= 0.3 is 0 Å². The third kappa shape index (κ3) is 1.84. The third-order valence-electron chi connectivity index (χ3n) is 2.16. The van der Waals surface area contributed by atoms with Crippen LogP contribution in [-0.4, -0.2) is 11.5 Å². The van der Waals surface area contributed by atoms with Gasteiger partial charge in [-0.05, 0) is 44.4 Å². The van der Waals surface area contributed by atoms with E-state index in [1.54, 1.807) is 0 Å². The Morgan fingerprint density at radius 2 is 2.18 bits per heavy atom. The van der Waals surface area contributed by atoms with Crippen LogP contribution in [0.3, 0.4) is 0 Å². The maximum absolute atomic E-state index is 5.42. The molecule has 1 heterocycles. The summed E-state index contributed by atoms with van der Waals surface area (Å²) in [5, 5.41) is 0. The summed E-state index contributed by atoms with van der Waals surface area (Å²) in [5.74, 6) is 0. The molecule has 0 amide bonds. The monoisotopic (exact) mass is 152 g/mol. The van der Waals surface area contributed by atoms with Gasteiger partial charge in [0, 0.05) is 11.9 Å². The Bertz CT molecular complexity index is 225. The molecule has 0 spiro atoms. The van der Waals surface area contributed by atoms with E-state index in [-0.39, 0.29) is 0 Å². The van der Waals surface area contributed by atoms with Crippen LogP contribution in [0.2, 0.25) is 0 Å². The second kappa shape index (κ2) is 3.58. The molecule has 2 nitrogen and oxygen atoms in total. The lowest BCUT2D eigenvalue weighted by Crippen LogP contribution is -2.00. The highest BCUT2D eigenvalue weighted by Gasteiger charge is 2.01. The normalized spacial score (nSPS) is 10.5. The molecule has 1 rings (SSSR count). The first-order valence-corrected chi connectivity index (χ1v) is 4.09. The number of hydrogen-bond donors (Lipinski definition) is 2. The van der Waals surface area contributed by atoms with Crippen molar-refractivity contribution in [3.8, 4) is 0 Å². The van der Waals surface area contributed by atoms with Gasteiger partial charge in [-0.25, -0.2) is 0 Å². The van der Waals surface area contributed by atoms with Gasteiger partial charge < -0.3 is 10.7 Å². The highest BCUT2D eigenvalue weighted by Crippen LogP contribution is 2.12. The Hall–Kier alpha value is -0.760. The molecule has 0 unspecified atom stereocenters. The summed E-state index contributed by atoms with van der Waals surface area (Å²) >= 11 is 0. The van der Waals surface area contributed by atoms with Crippen molar-refractivity contribution in [3.63, 3.8) is 0 Å². The Labute approximate surface area is 67.8 Å². The minimum absolute atomic E-state index is 0.781. The Morgan fingerprint density at radius 3 is 2.64 bits per heavy atom. The molecule has 2 heteroatoms. The predicted molar refractivity (Wildman–Crippen MR) is 47.6 cm³/mol. The SMILES string of the molecule is Cc1[nH]cc(CCCN)c1C. The van der Waals surface area contributed by atoms with Crippen LogP contribution in [-0.2, 0) is 6.42 Å². The quantitative estimate of drug-likeness (QED) is 0.677. The van der Waals surface area contributed by atoms with Crippen LogP contribution in [0.25, 0.3) is 0 Å². The zero-order valence-corrected chi connectivity index (χ0v) is 7.28. The number of aromatic amines is 1. The highest BCUT2D eigenvalue weighted by atomic mass is 14.7. The fourth-order valence-corrected chi connectivity index (χ4v) is 1.20. The van der Waals surface area contributed by atoms with Gasteiger partial charge in [0.1, 0.15) is 0 Å². The van der Waals surface area contributed by atoms with Gasteiger partial charge in [0.15, 0.2) is 0 Å². The largest absolute Gasteiger partial charge is 0.365 e. The average molecular weight is 152 g/mol. The summed E-state index contributed by atoms with van der Waals surface area (Å²) in [5.41, 5.74) is 9.50. The molecule has 0 aromatic carbocycles. The highest BCUT2D eigenvalue weighted by molar-refractivity contribution is 5.28. The van der Waals surface area contributed by atoms with Crippen LogP contribution in [0.15, 0.2) is 6.20 Å². The smallest absolute Gasteiger partial charge is 0.0148 e. The molecule has 0 bridgehead atoms. The van der Waals surface area contributed by atoms with Gasteiger partial charge in [-0.15, -0.1) is 0 Å². The number of nitrogens with one attached hydrogen (secondary N) is 1. The molecule has 0 aliphatic heterocycles. The number of aromatic nitrogens is 1. The number of aryl methyl sites for hydroxylation is 2. The standard InChI is InChI=1S/C9H16N2/c1-7-8(2)11-6-9(7)4-3-5-10/h6,11H,3-5,10H2,1-2H3. The van der Waals surface area contributed by atoms with Crippen LogP contribution < -0.4 is 5.73 Å². The van der Waals surface area contributed by atoms with Crippen molar-refractivity contribution in [1.82, 2.24) is 4.98 Å². The van der Waals surface area contributed by atoms with E-state index in [1.807, 2.05) is 0 Å². The Kier molecular flexibility index (Phi) is 2.71.